The van der Waals surface area contributed by atoms with Crippen LogP contribution in [0.15, 0.2) is 30.3 Å². The van der Waals surface area contributed by atoms with Crippen LogP contribution in [0, 0.1) is 5.92 Å². The van der Waals surface area contributed by atoms with E-state index in [2.05, 4.69) is 46.8 Å². The first kappa shape index (κ1) is 16.5. The van der Waals surface area contributed by atoms with Crippen LogP contribution in [0.1, 0.15) is 37.7 Å². The molecule has 1 saturated heterocycles. The average molecular weight is 315 g/mol. The molecule has 2 N–H and O–H groups in total. The zero-order valence-electron chi connectivity index (χ0n) is 14.1. The van der Waals surface area contributed by atoms with Crippen LogP contribution < -0.4 is 10.6 Å². The van der Waals surface area contributed by atoms with Gasteiger partial charge in [-0.2, -0.15) is 0 Å². The van der Waals surface area contributed by atoms with E-state index in [1.807, 2.05) is 6.07 Å². The lowest BCUT2D eigenvalue weighted by molar-refractivity contribution is -0.122. The summed E-state index contributed by atoms with van der Waals surface area (Å²) in [5.41, 5.74) is 1.31. The van der Waals surface area contributed by atoms with Crippen LogP contribution in [0.2, 0.25) is 0 Å². The Morgan fingerprint density at radius 2 is 2.04 bits per heavy atom. The first-order valence-corrected chi connectivity index (χ1v) is 8.98. The van der Waals surface area contributed by atoms with Gasteiger partial charge in [0.25, 0.3) is 0 Å². The summed E-state index contributed by atoms with van der Waals surface area (Å²) in [5, 5.41) is 6.65. The number of nitrogens with one attached hydrogen (secondary N) is 2. The average Bonchev–Trinajstić information content (AvgIpc) is 3.00. The lowest BCUT2D eigenvalue weighted by atomic mass is 9.85. The van der Waals surface area contributed by atoms with Crippen molar-refractivity contribution in [1.82, 2.24) is 15.5 Å². The van der Waals surface area contributed by atoms with E-state index in [0.29, 0.717) is 6.04 Å². The summed E-state index contributed by atoms with van der Waals surface area (Å²) in [6.07, 6.45) is 6.21. The van der Waals surface area contributed by atoms with Gasteiger partial charge in [-0.1, -0.05) is 43.2 Å². The van der Waals surface area contributed by atoms with Gasteiger partial charge in [0.05, 0.1) is 6.04 Å². The highest BCUT2D eigenvalue weighted by Gasteiger charge is 2.37. The predicted octanol–water partition coefficient (Wildman–Crippen LogP) is 2.16. The molecule has 1 aliphatic heterocycles. The highest BCUT2D eigenvalue weighted by Crippen LogP contribution is 2.33. The maximum atomic E-state index is 12.3. The number of hydrogen-bond acceptors (Lipinski definition) is 3. The van der Waals surface area contributed by atoms with Crippen molar-refractivity contribution in [3.8, 4) is 0 Å². The Bertz CT molecular complexity index is 491. The van der Waals surface area contributed by atoms with Crippen LogP contribution in [-0.2, 0) is 11.3 Å². The Balaban J connectivity index is 1.36. The van der Waals surface area contributed by atoms with E-state index in [1.54, 1.807) is 0 Å². The molecule has 1 aliphatic carbocycles. The molecule has 1 saturated carbocycles. The van der Waals surface area contributed by atoms with E-state index < -0.39 is 0 Å². The third-order valence-corrected chi connectivity index (χ3v) is 5.27. The zero-order chi connectivity index (χ0) is 16.1. The van der Waals surface area contributed by atoms with E-state index in [9.17, 15) is 4.79 Å². The summed E-state index contributed by atoms with van der Waals surface area (Å²) < 4.78 is 0. The SMILES string of the molecule is CN(CCNC(=O)C1CC2CCCCC2N1)Cc1ccccc1. The van der Waals surface area contributed by atoms with Gasteiger partial charge in [-0.05, 0) is 37.8 Å². The third kappa shape index (κ3) is 4.55. The molecule has 0 spiro atoms. The molecular weight excluding hydrogens is 286 g/mol. The second-order valence-electron chi connectivity index (χ2n) is 7.12. The molecule has 4 heteroatoms. The van der Waals surface area contributed by atoms with Crippen LogP contribution in [0.4, 0.5) is 0 Å². The highest BCUT2D eigenvalue weighted by molar-refractivity contribution is 5.82. The minimum atomic E-state index is 0.0301. The third-order valence-electron chi connectivity index (χ3n) is 5.27. The minimum Gasteiger partial charge on any atom is -0.353 e. The van der Waals surface area contributed by atoms with Gasteiger partial charge in [-0.3, -0.25) is 4.79 Å². The van der Waals surface area contributed by atoms with E-state index >= 15 is 0 Å². The first-order valence-electron chi connectivity index (χ1n) is 8.98. The van der Waals surface area contributed by atoms with Crippen LogP contribution >= 0.6 is 0 Å². The van der Waals surface area contributed by atoms with Crippen molar-refractivity contribution in [3.63, 3.8) is 0 Å². The summed E-state index contributed by atoms with van der Waals surface area (Å²) in [6, 6.07) is 11.1. The van der Waals surface area contributed by atoms with E-state index in [4.69, 9.17) is 0 Å². The van der Waals surface area contributed by atoms with Crippen LogP contribution in [0.5, 0.6) is 0 Å². The Morgan fingerprint density at radius 3 is 2.83 bits per heavy atom. The number of fused-ring (bicyclic) bond motifs is 1. The molecule has 0 aromatic heterocycles. The van der Waals surface area contributed by atoms with Crippen molar-refractivity contribution in [2.24, 2.45) is 5.92 Å². The Kier molecular flexibility index (Phi) is 5.68. The summed E-state index contributed by atoms with van der Waals surface area (Å²) >= 11 is 0. The molecule has 2 aliphatic rings. The molecule has 0 radical (unpaired) electrons. The van der Waals surface area contributed by atoms with Crippen molar-refractivity contribution >= 4 is 5.91 Å². The number of likely N-dealkylation sites (N-methyl/N-ethyl adjacent to an activating group) is 1. The number of carbonyl (C=O) groups excluding carboxylic acids is 1. The fraction of sp³-hybridized carbons (Fsp3) is 0.632. The number of benzene rings is 1. The Labute approximate surface area is 139 Å². The predicted molar refractivity (Wildman–Crippen MR) is 93.1 cm³/mol. The highest BCUT2D eigenvalue weighted by atomic mass is 16.2. The van der Waals surface area contributed by atoms with Gasteiger partial charge in [0, 0.05) is 25.7 Å². The van der Waals surface area contributed by atoms with E-state index in [0.717, 1.165) is 32.0 Å². The second-order valence-corrected chi connectivity index (χ2v) is 7.12. The topological polar surface area (TPSA) is 44.4 Å². The van der Waals surface area contributed by atoms with Gasteiger partial charge in [0.2, 0.25) is 5.91 Å². The monoisotopic (exact) mass is 315 g/mol. The molecule has 3 atom stereocenters. The fourth-order valence-corrected chi connectivity index (χ4v) is 3.99. The van der Waals surface area contributed by atoms with Crippen molar-refractivity contribution < 1.29 is 4.79 Å². The Morgan fingerprint density at radius 1 is 1.26 bits per heavy atom. The number of rotatable bonds is 6. The molecule has 0 bridgehead atoms. The lowest BCUT2D eigenvalue weighted by Gasteiger charge is -2.24. The van der Waals surface area contributed by atoms with Gasteiger partial charge in [0.15, 0.2) is 0 Å². The summed E-state index contributed by atoms with van der Waals surface area (Å²) in [5.74, 6) is 0.910. The van der Waals surface area contributed by atoms with Crippen LogP contribution in [0.25, 0.3) is 0 Å². The van der Waals surface area contributed by atoms with Gasteiger partial charge < -0.3 is 15.5 Å². The van der Waals surface area contributed by atoms with E-state index in [-0.39, 0.29) is 11.9 Å². The number of hydrogen-bond donors (Lipinski definition) is 2. The van der Waals surface area contributed by atoms with E-state index in [1.165, 1.54) is 31.2 Å². The molecule has 4 nitrogen and oxygen atoms in total. The standard InChI is InChI=1S/C19H29N3O/c1-22(14-15-7-3-2-4-8-15)12-11-20-19(23)18-13-16-9-5-6-10-17(16)21-18/h2-4,7-8,16-18,21H,5-6,9-14H2,1H3,(H,20,23). The smallest absolute Gasteiger partial charge is 0.237 e. The normalized spacial score (nSPS) is 27.0. The molecule has 1 aromatic rings. The molecule has 3 unspecified atom stereocenters. The van der Waals surface area contributed by atoms with Crippen molar-refractivity contribution in [2.75, 3.05) is 20.1 Å². The summed E-state index contributed by atoms with van der Waals surface area (Å²) in [6.45, 7) is 2.51. The van der Waals surface area contributed by atoms with Crippen molar-refractivity contribution in [2.45, 2.75) is 50.7 Å². The van der Waals surface area contributed by atoms with Crippen LogP contribution in [-0.4, -0.2) is 43.0 Å². The molecule has 1 heterocycles. The molecule has 1 aromatic carbocycles. The Hall–Kier alpha value is -1.39. The molecule has 3 rings (SSSR count). The second kappa shape index (κ2) is 7.93. The minimum absolute atomic E-state index is 0.0301. The fourth-order valence-electron chi connectivity index (χ4n) is 3.99. The quantitative estimate of drug-likeness (QED) is 0.845. The first-order chi connectivity index (χ1) is 11.2. The summed E-state index contributed by atoms with van der Waals surface area (Å²) in [7, 11) is 2.10. The van der Waals surface area contributed by atoms with Gasteiger partial charge in [-0.15, -0.1) is 0 Å². The van der Waals surface area contributed by atoms with Gasteiger partial charge in [-0.25, -0.2) is 0 Å². The van der Waals surface area contributed by atoms with Crippen molar-refractivity contribution in [1.29, 1.82) is 0 Å². The van der Waals surface area contributed by atoms with Gasteiger partial charge >= 0.3 is 0 Å². The number of amides is 1. The van der Waals surface area contributed by atoms with Gasteiger partial charge in [0.1, 0.15) is 0 Å². The number of nitrogens with zero attached hydrogens (tertiary/aromatic N) is 1. The molecule has 23 heavy (non-hydrogen) atoms. The molecule has 126 valence electrons. The molecule has 2 fully saturated rings. The molecular formula is C19H29N3O. The summed E-state index contributed by atoms with van der Waals surface area (Å²) in [4.78, 5) is 14.6. The van der Waals surface area contributed by atoms with Crippen molar-refractivity contribution in [3.05, 3.63) is 35.9 Å². The zero-order valence-corrected chi connectivity index (χ0v) is 14.1. The maximum absolute atomic E-state index is 12.3. The number of carbonyl (C=O) groups is 1. The largest absolute Gasteiger partial charge is 0.353 e. The lowest BCUT2D eigenvalue weighted by Crippen LogP contribution is -2.44. The van der Waals surface area contributed by atoms with Crippen LogP contribution in [0.3, 0.4) is 0 Å². The maximum Gasteiger partial charge on any atom is 0.237 e. The molecule has 1 amide bonds.